The molecule has 0 radical (unpaired) electrons. The summed E-state index contributed by atoms with van der Waals surface area (Å²) in [6, 6.07) is 0. The van der Waals surface area contributed by atoms with Gasteiger partial charge in [-0.15, -0.1) is 0 Å². The Balaban J connectivity index is 1.82. The van der Waals surface area contributed by atoms with E-state index < -0.39 is 17.6 Å². The van der Waals surface area contributed by atoms with Crippen molar-refractivity contribution in [3.63, 3.8) is 0 Å². The summed E-state index contributed by atoms with van der Waals surface area (Å²) in [5.74, 6) is -0.983. The van der Waals surface area contributed by atoms with E-state index >= 15 is 0 Å². The number of carbonyl (C=O) groups is 2. The van der Waals surface area contributed by atoms with Gasteiger partial charge in [0, 0.05) is 6.42 Å². The Morgan fingerprint density at radius 3 is 2.68 bits per heavy atom. The van der Waals surface area contributed by atoms with Gasteiger partial charge in [0.1, 0.15) is 18.2 Å². The predicted octanol–water partition coefficient (Wildman–Crippen LogP) is 1.80. The highest BCUT2D eigenvalue weighted by molar-refractivity contribution is 5.84. The second-order valence-electron chi connectivity index (χ2n) is 5.04. The highest BCUT2D eigenvalue weighted by Crippen LogP contribution is 2.28. The first-order valence-corrected chi connectivity index (χ1v) is 6.61. The Bertz CT molecular complexity index is 365. The second kappa shape index (κ2) is 5.95. The molecule has 2 rings (SSSR count). The molecule has 0 aromatic heterocycles. The molecule has 2 aliphatic rings. The summed E-state index contributed by atoms with van der Waals surface area (Å²) in [4.78, 5) is 23.1. The van der Waals surface area contributed by atoms with E-state index in [-0.39, 0.29) is 12.7 Å². The molecule has 1 saturated carbocycles. The molecule has 1 atom stereocenters. The normalized spacial score (nSPS) is 24.5. The molecule has 1 heterocycles. The van der Waals surface area contributed by atoms with E-state index in [1.54, 1.807) is 6.26 Å². The SMILES string of the molecule is O=C(NC1(C(=O)O)CCCCC1)OCC1CC=CO1. The Morgan fingerprint density at radius 1 is 1.37 bits per heavy atom. The highest BCUT2D eigenvalue weighted by atomic mass is 16.6. The van der Waals surface area contributed by atoms with Crippen molar-refractivity contribution in [1.82, 2.24) is 5.32 Å². The monoisotopic (exact) mass is 269 g/mol. The molecule has 1 unspecified atom stereocenters. The Hall–Kier alpha value is -1.72. The molecular formula is C13H19NO5. The van der Waals surface area contributed by atoms with Crippen molar-refractivity contribution in [2.45, 2.75) is 50.2 Å². The standard InChI is InChI=1S/C13H19NO5/c15-11(16)13(6-2-1-3-7-13)14-12(17)19-9-10-5-4-8-18-10/h4,8,10H,1-3,5-7,9H2,(H,14,17)(H,15,16). The number of hydrogen-bond donors (Lipinski definition) is 2. The molecule has 1 aliphatic carbocycles. The Kier molecular flexibility index (Phi) is 4.29. The van der Waals surface area contributed by atoms with Crippen LogP contribution in [0.5, 0.6) is 0 Å². The summed E-state index contributed by atoms with van der Waals surface area (Å²) >= 11 is 0. The first kappa shape index (κ1) is 13.7. The number of alkyl carbamates (subject to hydrolysis) is 1. The van der Waals surface area contributed by atoms with Gasteiger partial charge in [-0.1, -0.05) is 19.3 Å². The van der Waals surface area contributed by atoms with Gasteiger partial charge in [-0.25, -0.2) is 9.59 Å². The Labute approximate surface area is 111 Å². The van der Waals surface area contributed by atoms with Crippen LogP contribution in [0.25, 0.3) is 0 Å². The number of nitrogens with one attached hydrogen (secondary N) is 1. The van der Waals surface area contributed by atoms with Crippen LogP contribution in [0.3, 0.4) is 0 Å². The molecule has 2 N–H and O–H groups in total. The van der Waals surface area contributed by atoms with E-state index in [0.717, 1.165) is 19.3 Å². The predicted molar refractivity (Wildman–Crippen MR) is 66.6 cm³/mol. The van der Waals surface area contributed by atoms with E-state index in [1.807, 2.05) is 6.08 Å². The molecule has 0 aromatic rings. The summed E-state index contributed by atoms with van der Waals surface area (Å²) in [5, 5.41) is 11.8. The van der Waals surface area contributed by atoms with Crippen molar-refractivity contribution >= 4 is 12.1 Å². The lowest BCUT2D eigenvalue weighted by Gasteiger charge is -2.33. The minimum absolute atomic E-state index is 0.133. The van der Waals surface area contributed by atoms with Gasteiger partial charge in [-0.3, -0.25) is 0 Å². The smallest absolute Gasteiger partial charge is 0.408 e. The summed E-state index contributed by atoms with van der Waals surface area (Å²) in [5.41, 5.74) is -1.16. The van der Waals surface area contributed by atoms with E-state index in [2.05, 4.69) is 5.32 Å². The number of carboxylic acid groups (broad SMARTS) is 1. The molecule has 0 bridgehead atoms. The van der Waals surface area contributed by atoms with Crippen LogP contribution in [-0.4, -0.2) is 35.4 Å². The van der Waals surface area contributed by atoms with E-state index in [0.29, 0.717) is 19.3 Å². The van der Waals surface area contributed by atoms with Crippen molar-refractivity contribution in [1.29, 1.82) is 0 Å². The minimum Gasteiger partial charge on any atom is -0.494 e. The topological polar surface area (TPSA) is 84.9 Å². The number of aliphatic carboxylic acids is 1. The van der Waals surface area contributed by atoms with Crippen LogP contribution in [-0.2, 0) is 14.3 Å². The molecule has 1 amide bonds. The van der Waals surface area contributed by atoms with Crippen LogP contribution in [0, 0.1) is 0 Å². The summed E-state index contributed by atoms with van der Waals surface area (Å²) in [7, 11) is 0. The first-order chi connectivity index (χ1) is 9.12. The van der Waals surface area contributed by atoms with Gasteiger partial charge in [0.15, 0.2) is 0 Å². The largest absolute Gasteiger partial charge is 0.494 e. The maximum absolute atomic E-state index is 11.7. The van der Waals surface area contributed by atoms with Crippen LogP contribution in [0.15, 0.2) is 12.3 Å². The summed E-state index contributed by atoms with van der Waals surface area (Å²) in [6.07, 6.45) is 6.84. The van der Waals surface area contributed by atoms with Gasteiger partial charge in [0.25, 0.3) is 0 Å². The number of amides is 1. The third kappa shape index (κ3) is 3.39. The molecular weight excluding hydrogens is 250 g/mol. The van der Waals surface area contributed by atoms with Crippen molar-refractivity contribution in [3.05, 3.63) is 12.3 Å². The number of carbonyl (C=O) groups excluding carboxylic acids is 1. The van der Waals surface area contributed by atoms with Crippen LogP contribution in [0.2, 0.25) is 0 Å². The maximum atomic E-state index is 11.7. The molecule has 19 heavy (non-hydrogen) atoms. The number of ether oxygens (including phenoxy) is 2. The van der Waals surface area contributed by atoms with Crippen molar-refractivity contribution < 1.29 is 24.2 Å². The van der Waals surface area contributed by atoms with Crippen molar-refractivity contribution in [2.75, 3.05) is 6.61 Å². The van der Waals surface area contributed by atoms with Gasteiger partial charge in [-0.2, -0.15) is 0 Å². The summed E-state index contributed by atoms with van der Waals surface area (Å²) in [6.45, 7) is 0.133. The van der Waals surface area contributed by atoms with Gasteiger partial charge < -0.3 is 19.9 Å². The molecule has 6 nitrogen and oxygen atoms in total. The van der Waals surface area contributed by atoms with Crippen LogP contribution < -0.4 is 5.32 Å². The fourth-order valence-corrected chi connectivity index (χ4v) is 2.48. The maximum Gasteiger partial charge on any atom is 0.408 e. The number of hydrogen-bond acceptors (Lipinski definition) is 4. The first-order valence-electron chi connectivity index (χ1n) is 6.61. The highest BCUT2D eigenvalue weighted by Gasteiger charge is 2.41. The molecule has 1 fully saturated rings. The molecule has 0 aromatic carbocycles. The van der Waals surface area contributed by atoms with Crippen molar-refractivity contribution in [2.24, 2.45) is 0 Å². The third-order valence-corrected chi connectivity index (χ3v) is 3.62. The minimum atomic E-state index is -1.16. The van der Waals surface area contributed by atoms with Gasteiger partial charge in [-0.05, 0) is 18.9 Å². The molecule has 106 valence electrons. The van der Waals surface area contributed by atoms with E-state index in [4.69, 9.17) is 9.47 Å². The van der Waals surface area contributed by atoms with Gasteiger partial charge in [0.2, 0.25) is 0 Å². The van der Waals surface area contributed by atoms with Crippen LogP contribution in [0.4, 0.5) is 4.79 Å². The quantitative estimate of drug-likeness (QED) is 0.813. The van der Waals surface area contributed by atoms with Crippen LogP contribution in [0.1, 0.15) is 38.5 Å². The average molecular weight is 269 g/mol. The van der Waals surface area contributed by atoms with E-state index in [1.165, 1.54) is 0 Å². The lowest BCUT2D eigenvalue weighted by molar-refractivity contribution is -0.146. The summed E-state index contributed by atoms with van der Waals surface area (Å²) < 4.78 is 10.2. The lowest BCUT2D eigenvalue weighted by atomic mass is 9.82. The molecule has 0 spiro atoms. The fourth-order valence-electron chi connectivity index (χ4n) is 2.48. The number of rotatable bonds is 4. The molecule has 6 heteroatoms. The Morgan fingerprint density at radius 2 is 2.11 bits per heavy atom. The average Bonchev–Trinajstić information content (AvgIpc) is 2.90. The van der Waals surface area contributed by atoms with Crippen molar-refractivity contribution in [3.8, 4) is 0 Å². The zero-order valence-corrected chi connectivity index (χ0v) is 10.8. The third-order valence-electron chi connectivity index (χ3n) is 3.62. The zero-order valence-electron chi connectivity index (χ0n) is 10.8. The number of carboxylic acids is 1. The van der Waals surface area contributed by atoms with E-state index in [9.17, 15) is 14.7 Å². The molecule has 0 saturated heterocycles. The van der Waals surface area contributed by atoms with Gasteiger partial charge in [0.05, 0.1) is 6.26 Å². The van der Waals surface area contributed by atoms with Crippen LogP contribution >= 0.6 is 0 Å². The molecule has 1 aliphatic heterocycles. The zero-order chi connectivity index (χ0) is 13.7. The second-order valence-corrected chi connectivity index (χ2v) is 5.04. The fraction of sp³-hybridized carbons (Fsp3) is 0.692. The lowest BCUT2D eigenvalue weighted by Crippen LogP contribution is -2.55. The van der Waals surface area contributed by atoms with Gasteiger partial charge >= 0.3 is 12.1 Å².